The van der Waals surface area contributed by atoms with Crippen molar-refractivity contribution >= 4 is 23.2 Å². The molecular formula is C19H20FN3O2. The molecule has 0 saturated heterocycles. The Morgan fingerprint density at radius 3 is 2.48 bits per heavy atom. The first-order chi connectivity index (χ1) is 12.1. The third kappa shape index (κ3) is 6.10. The number of halogens is 1. The Morgan fingerprint density at radius 2 is 1.76 bits per heavy atom. The van der Waals surface area contributed by atoms with E-state index in [1.54, 1.807) is 30.3 Å². The lowest BCUT2D eigenvalue weighted by molar-refractivity contribution is -0.115. The highest BCUT2D eigenvalue weighted by molar-refractivity contribution is 5.94. The number of nitrogens with one attached hydrogen (secondary N) is 2. The summed E-state index contributed by atoms with van der Waals surface area (Å²) in [7, 11) is 0. The third-order valence-corrected chi connectivity index (χ3v) is 3.41. The minimum atomic E-state index is -0.380. The van der Waals surface area contributed by atoms with Crippen molar-refractivity contribution in [3.63, 3.8) is 0 Å². The van der Waals surface area contributed by atoms with E-state index in [2.05, 4.69) is 10.6 Å². The van der Waals surface area contributed by atoms with E-state index in [0.29, 0.717) is 29.9 Å². The number of nitrogen functional groups attached to an aromatic ring is 1. The summed E-state index contributed by atoms with van der Waals surface area (Å²) in [6.07, 6.45) is 4.37. The van der Waals surface area contributed by atoms with Crippen LogP contribution in [0.4, 0.5) is 15.8 Å². The van der Waals surface area contributed by atoms with E-state index in [4.69, 9.17) is 5.73 Å². The number of hydrogen-bond acceptors (Lipinski definition) is 3. The summed E-state index contributed by atoms with van der Waals surface area (Å²) < 4.78 is 12.8. The van der Waals surface area contributed by atoms with Crippen LogP contribution in [0.2, 0.25) is 0 Å². The second-order valence-electron chi connectivity index (χ2n) is 5.36. The molecule has 2 rings (SSSR count). The molecule has 0 bridgehead atoms. The molecule has 0 atom stereocenters. The van der Waals surface area contributed by atoms with E-state index in [-0.39, 0.29) is 24.1 Å². The lowest BCUT2D eigenvalue weighted by Gasteiger charge is -2.06. The zero-order chi connectivity index (χ0) is 18.1. The van der Waals surface area contributed by atoms with E-state index >= 15 is 0 Å². The molecule has 0 spiro atoms. The van der Waals surface area contributed by atoms with Gasteiger partial charge in [-0.25, -0.2) is 4.39 Å². The van der Waals surface area contributed by atoms with Crippen LogP contribution >= 0.6 is 0 Å². The maximum absolute atomic E-state index is 12.8. The van der Waals surface area contributed by atoms with Crippen LogP contribution in [-0.4, -0.2) is 18.4 Å². The summed E-state index contributed by atoms with van der Waals surface area (Å²) in [6.45, 7) is 0.431. The summed E-state index contributed by atoms with van der Waals surface area (Å²) in [5, 5.41) is 5.45. The summed E-state index contributed by atoms with van der Waals surface area (Å²) in [6, 6.07) is 12.4. The van der Waals surface area contributed by atoms with Crippen molar-refractivity contribution < 1.29 is 14.0 Å². The first-order valence-electron chi connectivity index (χ1n) is 7.89. The quantitative estimate of drug-likeness (QED) is 0.411. The number of carbonyl (C=O) groups excluding carboxylic acids is 2. The number of carbonyl (C=O) groups is 2. The highest BCUT2D eigenvalue weighted by Crippen LogP contribution is 2.16. The fraction of sp³-hybridized carbons (Fsp3) is 0.158. The topological polar surface area (TPSA) is 84.2 Å². The summed E-state index contributed by atoms with van der Waals surface area (Å²) in [5.74, 6) is -0.801. The minimum Gasteiger partial charge on any atom is -0.397 e. The smallest absolute Gasteiger partial charge is 0.251 e. The van der Waals surface area contributed by atoms with Gasteiger partial charge in [0.15, 0.2) is 0 Å². The van der Waals surface area contributed by atoms with Crippen LogP contribution in [0, 0.1) is 5.82 Å². The molecule has 0 fully saturated rings. The predicted molar refractivity (Wildman–Crippen MR) is 96.6 cm³/mol. The van der Waals surface area contributed by atoms with Crippen molar-refractivity contribution in [2.75, 3.05) is 17.6 Å². The lowest BCUT2D eigenvalue weighted by atomic mass is 10.2. The lowest BCUT2D eigenvalue weighted by Crippen LogP contribution is -2.24. The van der Waals surface area contributed by atoms with Gasteiger partial charge in [-0.3, -0.25) is 9.59 Å². The zero-order valence-electron chi connectivity index (χ0n) is 13.7. The van der Waals surface area contributed by atoms with Crippen LogP contribution < -0.4 is 16.4 Å². The predicted octanol–water partition coefficient (Wildman–Crippen LogP) is 3.11. The van der Waals surface area contributed by atoms with Crippen LogP contribution in [-0.2, 0) is 4.79 Å². The number of rotatable bonds is 7. The number of amides is 2. The highest BCUT2D eigenvalue weighted by atomic mass is 19.1. The van der Waals surface area contributed by atoms with E-state index in [1.807, 2.05) is 6.08 Å². The fourth-order valence-corrected chi connectivity index (χ4v) is 2.09. The van der Waals surface area contributed by atoms with Crippen LogP contribution in [0.5, 0.6) is 0 Å². The molecule has 6 heteroatoms. The van der Waals surface area contributed by atoms with Crippen molar-refractivity contribution in [1.29, 1.82) is 0 Å². The largest absolute Gasteiger partial charge is 0.397 e. The average Bonchev–Trinajstić information content (AvgIpc) is 2.60. The van der Waals surface area contributed by atoms with E-state index in [0.717, 1.165) is 0 Å². The monoisotopic (exact) mass is 341 g/mol. The molecule has 2 aromatic carbocycles. The molecule has 0 aliphatic rings. The van der Waals surface area contributed by atoms with Crippen molar-refractivity contribution in [2.24, 2.45) is 0 Å². The molecule has 0 unspecified atom stereocenters. The van der Waals surface area contributed by atoms with Gasteiger partial charge in [0.1, 0.15) is 5.82 Å². The van der Waals surface area contributed by atoms with Crippen molar-refractivity contribution in [3.05, 3.63) is 72.1 Å². The van der Waals surface area contributed by atoms with Crippen LogP contribution in [0.3, 0.4) is 0 Å². The molecule has 0 radical (unpaired) electrons. The third-order valence-electron chi connectivity index (χ3n) is 3.41. The molecule has 5 nitrogen and oxygen atoms in total. The van der Waals surface area contributed by atoms with Crippen LogP contribution in [0.15, 0.2) is 60.7 Å². The van der Waals surface area contributed by atoms with Gasteiger partial charge in [0.25, 0.3) is 5.91 Å². The minimum absolute atomic E-state index is 0.163. The Balaban J connectivity index is 1.66. The molecule has 0 heterocycles. The van der Waals surface area contributed by atoms with Gasteiger partial charge in [0, 0.05) is 18.5 Å². The van der Waals surface area contributed by atoms with Crippen molar-refractivity contribution in [1.82, 2.24) is 5.32 Å². The second-order valence-corrected chi connectivity index (χ2v) is 5.36. The van der Waals surface area contributed by atoms with Crippen molar-refractivity contribution in [2.45, 2.75) is 12.8 Å². The SMILES string of the molecule is Nc1ccccc1NC(=O)C/C=C/CCNC(=O)c1ccc(F)cc1. The molecule has 0 aliphatic heterocycles. The Morgan fingerprint density at radius 1 is 1.04 bits per heavy atom. The zero-order valence-corrected chi connectivity index (χ0v) is 13.7. The second kappa shape index (κ2) is 9.22. The summed E-state index contributed by atoms with van der Waals surface area (Å²) in [4.78, 5) is 23.6. The molecule has 0 aliphatic carbocycles. The molecule has 4 N–H and O–H groups in total. The van der Waals surface area contributed by atoms with Gasteiger partial charge in [-0.2, -0.15) is 0 Å². The molecular weight excluding hydrogens is 321 g/mol. The van der Waals surface area contributed by atoms with Gasteiger partial charge in [0.05, 0.1) is 11.4 Å². The molecule has 2 aromatic rings. The summed E-state index contributed by atoms with van der Waals surface area (Å²) in [5.41, 5.74) is 7.27. The number of anilines is 2. The van der Waals surface area contributed by atoms with E-state index in [1.165, 1.54) is 24.3 Å². The first-order valence-corrected chi connectivity index (χ1v) is 7.89. The van der Waals surface area contributed by atoms with Gasteiger partial charge < -0.3 is 16.4 Å². The highest BCUT2D eigenvalue weighted by Gasteiger charge is 2.04. The van der Waals surface area contributed by atoms with Gasteiger partial charge in [-0.15, -0.1) is 0 Å². The Labute approximate surface area is 145 Å². The van der Waals surface area contributed by atoms with Crippen molar-refractivity contribution in [3.8, 4) is 0 Å². The average molecular weight is 341 g/mol. The maximum Gasteiger partial charge on any atom is 0.251 e. The number of benzene rings is 2. The standard InChI is InChI=1S/C19H20FN3O2/c20-15-11-9-14(10-12-15)19(25)22-13-5-1-2-8-18(24)23-17-7-4-3-6-16(17)21/h1-4,6-7,9-12H,5,8,13,21H2,(H,22,25)(H,23,24)/b2-1+. The van der Waals surface area contributed by atoms with Gasteiger partial charge in [0.2, 0.25) is 5.91 Å². The van der Waals surface area contributed by atoms with Crippen LogP contribution in [0.1, 0.15) is 23.2 Å². The Bertz CT molecular complexity index is 758. The molecule has 0 saturated carbocycles. The Kier molecular flexibility index (Phi) is 6.71. The van der Waals surface area contributed by atoms with Crippen LogP contribution in [0.25, 0.3) is 0 Å². The van der Waals surface area contributed by atoms with Gasteiger partial charge in [-0.1, -0.05) is 24.3 Å². The normalized spacial score (nSPS) is 10.6. The summed E-state index contributed by atoms with van der Waals surface area (Å²) >= 11 is 0. The van der Waals surface area contributed by atoms with Gasteiger partial charge in [-0.05, 0) is 42.8 Å². The molecule has 130 valence electrons. The first kappa shape index (κ1) is 18.2. The fourth-order valence-electron chi connectivity index (χ4n) is 2.09. The molecule has 0 aromatic heterocycles. The van der Waals surface area contributed by atoms with E-state index in [9.17, 15) is 14.0 Å². The maximum atomic E-state index is 12.8. The Hall–Kier alpha value is -3.15. The molecule has 2 amide bonds. The van der Waals surface area contributed by atoms with Gasteiger partial charge >= 0.3 is 0 Å². The number of nitrogens with two attached hydrogens (primary N) is 1. The van der Waals surface area contributed by atoms with E-state index < -0.39 is 0 Å². The number of hydrogen-bond donors (Lipinski definition) is 3. The molecule has 25 heavy (non-hydrogen) atoms. The number of para-hydroxylation sites is 2.